The van der Waals surface area contributed by atoms with Crippen LogP contribution >= 0.6 is 0 Å². The lowest BCUT2D eigenvalue weighted by atomic mass is 10.00. The predicted octanol–water partition coefficient (Wildman–Crippen LogP) is 2.25. The number of carbonyl (C=O) groups excluding carboxylic acids is 2. The van der Waals surface area contributed by atoms with Gasteiger partial charge in [-0.25, -0.2) is 8.42 Å². The molecule has 0 aromatic heterocycles. The number of hydrogen-bond acceptors (Lipinski definition) is 4. The summed E-state index contributed by atoms with van der Waals surface area (Å²) in [5.41, 5.74) is 0.381. The molecule has 1 aromatic rings. The number of amides is 2. The number of nitrogens with zero attached hydrogens (tertiary/aromatic N) is 1. The van der Waals surface area contributed by atoms with E-state index in [1.807, 2.05) is 4.90 Å². The van der Waals surface area contributed by atoms with Gasteiger partial charge in [-0.05, 0) is 56.9 Å². The first-order chi connectivity index (χ1) is 12.2. The lowest BCUT2D eigenvalue weighted by Gasteiger charge is -2.31. The van der Waals surface area contributed by atoms with Gasteiger partial charge in [0.15, 0.2) is 9.84 Å². The van der Waals surface area contributed by atoms with Gasteiger partial charge in [0.25, 0.3) is 5.91 Å². The predicted molar refractivity (Wildman–Crippen MR) is 101 cm³/mol. The number of carbonyl (C=O) groups is 2. The topological polar surface area (TPSA) is 83.6 Å². The van der Waals surface area contributed by atoms with Crippen molar-refractivity contribution in [2.45, 2.75) is 50.2 Å². The quantitative estimate of drug-likeness (QED) is 0.820. The molecule has 0 bridgehead atoms. The zero-order valence-corrected chi connectivity index (χ0v) is 16.5. The van der Waals surface area contributed by atoms with Crippen molar-refractivity contribution in [3.63, 3.8) is 0 Å². The molecule has 1 fully saturated rings. The summed E-state index contributed by atoms with van der Waals surface area (Å²) in [6.07, 6.45) is 2.46. The third-order valence-corrected chi connectivity index (χ3v) is 6.87. The van der Waals surface area contributed by atoms with Crippen molar-refractivity contribution in [2.75, 3.05) is 19.6 Å². The number of benzene rings is 1. The van der Waals surface area contributed by atoms with Crippen LogP contribution in [0, 0.1) is 5.92 Å². The third kappa shape index (κ3) is 5.06. The van der Waals surface area contributed by atoms with Gasteiger partial charge in [-0.2, -0.15) is 0 Å². The van der Waals surface area contributed by atoms with Crippen molar-refractivity contribution >= 4 is 21.7 Å². The Kier molecular flexibility index (Phi) is 6.81. The van der Waals surface area contributed by atoms with Gasteiger partial charge in [0, 0.05) is 31.6 Å². The zero-order valence-electron chi connectivity index (χ0n) is 15.7. The van der Waals surface area contributed by atoms with Gasteiger partial charge < -0.3 is 10.2 Å². The van der Waals surface area contributed by atoms with Gasteiger partial charge in [0.1, 0.15) is 0 Å². The largest absolute Gasteiger partial charge is 0.352 e. The van der Waals surface area contributed by atoms with Crippen molar-refractivity contribution in [3.05, 3.63) is 29.8 Å². The highest BCUT2D eigenvalue weighted by Gasteiger charge is 2.21. The molecule has 26 heavy (non-hydrogen) atoms. The van der Waals surface area contributed by atoms with Gasteiger partial charge in [-0.3, -0.25) is 9.59 Å². The molecule has 0 aliphatic carbocycles. The van der Waals surface area contributed by atoms with Crippen molar-refractivity contribution < 1.29 is 18.0 Å². The lowest BCUT2D eigenvalue weighted by Crippen LogP contribution is -2.40. The third-order valence-electron chi connectivity index (χ3n) is 4.70. The van der Waals surface area contributed by atoms with Gasteiger partial charge in [0.05, 0.1) is 10.1 Å². The molecule has 0 saturated carbocycles. The number of nitrogens with one attached hydrogen (secondary N) is 1. The summed E-state index contributed by atoms with van der Waals surface area (Å²) in [6.45, 7) is 7.24. The van der Waals surface area contributed by atoms with Crippen LogP contribution in [0.2, 0.25) is 0 Å². The number of hydrogen-bond donors (Lipinski definition) is 1. The Morgan fingerprint density at radius 3 is 2.46 bits per heavy atom. The van der Waals surface area contributed by atoms with E-state index < -0.39 is 15.1 Å². The average Bonchev–Trinajstić information content (AvgIpc) is 2.61. The van der Waals surface area contributed by atoms with E-state index in [0.717, 1.165) is 25.9 Å². The minimum absolute atomic E-state index is 0.0650. The van der Waals surface area contributed by atoms with E-state index in [0.29, 0.717) is 11.5 Å². The lowest BCUT2D eigenvalue weighted by molar-refractivity contribution is -0.132. The smallest absolute Gasteiger partial charge is 0.251 e. The van der Waals surface area contributed by atoms with Gasteiger partial charge in [-0.15, -0.1) is 0 Å². The maximum Gasteiger partial charge on any atom is 0.251 e. The fourth-order valence-corrected chi connectivity index (χ4v) is 4.09. The van der Waals surface area contributed by atoms with Crippen LogP contribution in [0.1, 0.15) is 50.4 Å². The van der Waals surface area contributed by atoms with Crippen molar-refractivity contribution in [1.29, 1.82) is 0 Å². The Morgan fingerprint density at radius 1 is 1.23 bits per heavy atom. The van der Waals surface area contributed by atoms with Crippen LogP contribution in [-0.4, -0.2) is 50.0 Å². The van der Waals surface area contributed by atoms with Crippen LogP contribution in [0.4, 0.5) is 0 Å². The normalized spacial score (nSPS) is 18.0. The van der Waals surface area contributed by atoms with Crippen LogP contribution < -0.4 is 5.32 Å². The summed E-state index contributed by atoms with van der Waals surface area (Å²) in [5.74, 6) is 0.288. The van der Waals surface area contributed by atoms with E-state index in [1.54, 1.807) is 13.8 Å². The van der Waals surface area contributed by atoms with Crippen molar-refractivity contribution in [2.24, 2.45) is 5.92 Å². The van der Waals surface area contributed by atoms with E-state index in [2.05, 4.69) is 12.2 Å². The van der Waals surface area contributed by atoms with Crippen molar-refractivity contribution in [3.8, 4) is 0 Å². The molecule has 2 amide bonds. The molecule has 1 aromatic carbocycles. The number of rotatable bonds is 6. The second kappa shape index (κ2) is 8.66. The molecular formula is C19H28N2O4S. The minimum atomic E-state index is -3.35. The highest BCUT2D eigenvalue weighted by molar-refractivity contribution is 7.92. The molecular weight excluding hydrogens is 352 g/mol. The van der Waals surface area contributed by atoms with Gasteiger partial charge in [0.2, 0.25) is 5.91 Å². The maximum atomic E-state index is 12.2. The molecule has 1 aliphatic heterocycles. The number of likely N-dealkylation sites (tertiary alicyclic amines) is 1. The second-order valence-corrected chi connectivity index (χ2v) is 9.72. The van der Waals surface area contributed by atoms with Crippen LogP contribution in [-0.2, 0) is 14.6 Å². The van der Waals surface area contributed by atoms with Crippen LogP contribution in [0.15, 0.2) is 29.2 Å². The molecule has 1 atom stereocenters. The Morgan fingerprint density at radius 2 is 1.88 bits per heavy atom. The molecule has 0 radical (unpaired) electrons. The van der Waals surface area contributed by atoms with Crippen LogP contribution in [0.3, 0.4) is 0 Å². The molecule has 2 rings (SSSR count). The summed E-state index contributed by atoms with van der Waals surface area (Å²) >= 11 is 0. The summed E-state index contributed by atoms with van der Waals surface area (Å²) in [5, 5.41) is 2.22. The molecule has 1 saturated heterocycles. The second-order valence-electron chi connectivity index (χ2n) is 7.21. The molecule has 7 heteroatoms. The molecule has 6 nitrogen and oxygen atoms in total. The summed E-state index contributed by atoms with van der Waals surface area (Å²) in [6, 6.07) is 5.90. The molecule has 1 heterocycles. The van der Waals surface area contributed by atoms with E-state index in [-0.39, 0.29) is 29.7 Å². The van der Waals surface area contributed by atoms with E-state index in [9.17, 15) is 18.0 Å². The SMILES string of the molecule is CC1CCCN(C(=O)CCNC(=O)c2ccc(S(=O)(=O)C(C)C)cc2)C1. The maximum absolute atomic E-state index is 12.2. The highest BCUT2D eigenvalue weighted by atomic mass is 32.2. The Balaban J connectivity index is 1.85. The molecule has 1 aliphatic rings. The van der Waals surface area contributed by atoms with Gasteiger partial charge >= 0.3 is 0 Å². The number of piperidine rings is 1. The average molecular weight is 381 g/mol. The number of sulfone groups is 1. The molecule has 1 N–H and O–H groups in total. The van der Waals surface area contributed by atoms with Crippen LogP contribution in [0.25, 0.3) is 0 Å². The first-order valence-electron chi connectivity index (χ1n) is 9.11. The fourth-order valence-electron chi connectivity index (χ4n) is 3.03. The monoisotopic (exact) mass is 380 g/mol. The van der Waals surface area contributed by atoms with E-state index in [1.165, 1.54) is 24.3 Å². The summed E-state index contributed by atoms with van der Waals surface area (Å²) in [7, 11) is -3.35. The standard InChI is InChI=1S/C19H28N2O4S/c1-14(2)26(24,25)17-8-6-16(7-9-17)19(23)20-11-10-18(22)21-12-4-5-15(3)13-21/h6-9,14-15H,4-5,10-13H2,1-3H3,(H,20,23). The van der Waals surface area contributed by atoms with E-state index in [4.69, 9.17) is 0 Å². The molecule has 1 unspecified atom stereocenters. The first-order valence-corrected chi connectivity index (χ1v) is 10.7. The van der Waals surface area contributed by atoms with Gasteiger partial charge in [-0.1, -0.05) is 6.92 Å². The van der Waals surface area contributed by atoms with E-state index >= 15 is 0 Å². The van der Waals surface area contributed by atoms with Crippen molar-refractivity contribution in [1.82, 2.24) is 10.2 Å². The summed E-state index contributed by atoms with van der Waals surface area (Å²) in [4.78, 5) is 26.4. The molecule has 144 valence electrons. The first kappa shape index (κ1) is 20.4. The fraction of sp³-hybridized carbons (Fsp3) is 0.579. The Bertz CT molecular complexity index is 741. The Hall–Kier alpha value is -1.89. The minimum Gasteiger partial charge on any atom is -0.352 e. The highest BCUT2D eigenvalue weighted by Crippen LogP contribution is 2.17. The zero-order chi connectivity index (χ0) is 19.3. The Labute approximate surface area is 155 Å². The summed E-state index contributed by atoms with van der Waals surface area (Å²) < 4.78 is 24.2. The van der Waals surface area contributed by atoms with Crippen LogP contribution in [0.5, 0.6) is 0 Å². The molecule has 0 spiro atoms.